The van der Waals surface area contributed by atoms with Crippen molar-refractivity contribution in [2.24, 2.45) is 0 Å². The van der Waals surface area contributed by atoms with E-state index >= 15 is 0 Å². The first-order chi connectivity index (χ1) is 12.4. The fourth-order valence-electron chi connectivity index (χ4n) is 4.84. The highest BCUT2D eigenvalue weighted by atomic mass is 16.5. The van der Waals surface area contributed by atoms with Gasteiger partial charge in [0.1, 0.15) is 0 Å². The monoisotopic (exact) mass is 343 g/mol. The summed E-state index contributed by atoms with van der Waals surface area (Å²) in [5.41, 5.74) is 1.45. The topological polar surface area (TPSA) is 19.0 Å². The molecule has 0 radical (unpaired) electrons. The van der Waals surface area contributed by atoms with Crippen LogP contribution in [0, 0.1) is 0 Å². The van der Waals surface area contributed by atoms with Gasteiger partial charge in [0.15, 0.2) is 0 Å². The summed E-state index contributed by atoms with van der Waals surface area (Å²) in [6, 6.07) is 12.5. The van der Waals surface area contributed by atoms with Gasteiger partial charge < -0.3 is 9.64 Å². The van der Waals surface area contributed by atoms with Crippen LogP contribution < -0.4 is 0 Å². The third kappa shape index (κ3) is 4.62. The number of likely N-dealkylation sites (tertiary alicyclic amines) is 2. The zero-order valence-electron chi connectivity index (χ0n) is 15.5. The van der Waals surface area contributed by atoms with Crippen molar-refractivity contribution < 1.29 is 4.74 Å². The number of benzene rings is 1. The van der Waals surface area contributed by atoms with Crippen molar-refractivity contribution in [1.29, 1.82) is 0 Å². The van der Waals surface area contributed by atoms with E-state index in [9.17, 15) is 0 Å². The van der Waals surface area contributed by atoms with E-state index < -0.39 is 0 Å². The first-order valence-corrected chi connectivity index (χ1v) is 10.2. The third-order valence-corrected chi connectivity index (χ3v) is 6.38. The molecule has 0 aromatic heterocycles. The molecule has 3 aliphatic heterocycles. The van der Waals surface area contributed by atoms with E-state index in [4.69, 9.17) is 4.74 Å². The van der Waals surface area contributed by atoms with Gasteiger partial charge in [-0.25, -0.2) is 0 Å². The molecule has 4 nitrogen and oxygen atoms in total. The maximum Gasteiger partial charge on any atom is 0.0594 e. The molecular weight excluding hydrogens is 310 g/mol. The smallest absolute Gasteiger partial charge is 0.0594 e. The van der Waals surface area contributed by atoms with Crippen molar-refractivity contribution in [2.75, 3.05) is 52.5 Å². The van der Waals surface area contributed by atoms with Crippen LogP contribution in [0.15, 0.2) is 30.3 Å². The summed E-state index contributed by atoms with van der Waals surface area (Å²) in [5, 5.41) is 0. The molecule has 1 aromatic rings. The van der Waals surface area contributed by atoms with Crippen molar-refractivity contribution in [1.82, 2.24) is 14.7 Å². The van der Waals surface area contributed by atoms with Gasteiger partial charge in [0.2, 0.25) is 0 Å². The van der Waals surface area contributed by atoms with Gasteiger partial charge in [0, 0.05) is 31.7 Å². The lowest BCUT2D eigenvalue weighted by atomic mass is 9.96. The first kappa shape index (κ1) is 17.5. The average molecular weight is 344 g/mol. The molecule has 3 aliphatic rings. The Bertz CT molecular complexity index is 501. The van der Waals surface area contributed by atoms with E-state index in [2.05, 4.69) is 45.0 Å². The lowest BCUT2D eigenvalue weighted by Crippen LogP contribution is -2.52. The highest BCUT2D eigenvalue weighted by molar-refractivity contribution is 5.14. The number of hydrogen-bond acceptors (Lipinski definition) is 4. The maximum absolute atomic E-state index is 5.50. The zero-order valence-corrected chi connectivity index (χ0v) is 15.5. The molecule has 3 heterocycles. The predicted octanol–water partition coefficient (Wildman–Crippen LogP) is 2.45. The van der Waals surface area contributed by atoms with E-state index in [-0.39, 0.29) is 0 Å². The Morgan fingerprint density at radius 3 is 1.92 bits per heavy atom. The van der Waals surface area contributed by atoms with Crippen molar-refractivity contribution >= 4 is 0 Å². The predicted molar refractivity (Wildman–Crippen MR) is 102 cm³/mol. The van der Waals surface area contributed by atoms with E-state index in [0.29, 0.717) is 0 Å². The summed E-state index contributed by atoms with van der Waals surface area (Å²) >= 11 is 0. The lowest BCUT2D eigenvalue weighted by molar-refractivity contribution is -0.00741. The summed E-state index contributed by atoms with van der Waals surface area (Å²) in [4.78, 5) is 8.09. The second-order valence-electron chi connectivity index (χ2n) is 7.91. The van der Waals surface area contributed by atoms with Gasteiger partial charge in [-0.15, -0.1) is 0 Å². The SMILES string of the molecule is c1ccc(CN2CCC(N3CCC(N4CCOCC4)CC3)CC2)cc1. The van der Waals surface area contributed by atoms with Crippen molar-refractivity contribution in [2.45, 2.75) is 44.3 Å². The molecule has 0 N–H and O–H groups in total. The second kappa shape index (κ2) is 8.63. The van der Waals surface area contributed by atoms with Crippen LogP contribution >= 0.6 is 0 Å². The van der Waals surface area contributed by atoms with Crippen LogP contribution in [0.1, 0.15) is 31.2 Å². The Morgan fingerprint density at radius 1 is 0.720 bits per heavy atom. The van der Waals surface area contributed by atoms with E-state index in [1.54, 1.807) is 0 Å². The maximum atomic E-state index is 5.50. The van der Waals surface area contributed by atoms with Gasteiger partial charge >= 0.3 is 0 Å². The van der Waals surface area contributed by atoms with Crippen molar-refractivity contribution in [3.8, 4) is 0 Å². The van der Waals surface area contributed by atoms with Crippen LogP contribution in [0.3, 0.4) is 0 Å². The summed E-state index contributed by atoms with van der Waals surface area (Å²) in [6.07, 6.45) is 5.39. The number of nitrogens with zero attached hydrogens (tertiary/aromatic N) is 3. The fraction of sp³-hybridized carbons (Fsp3) is 0.714. The van der Waals surface area contributed by atoms with E-state index in [0.717, 1.165) is 44.9 Å². The van der Waals surface area contributed by atoms with Gasteiger partial charge in [-0.05, 0) is 57.4 Å². The number of piperidine rings is 2. The molecule has 0 unspecified atom stereocenters. The first-order valence-electron chi connectivity index (χ1n) is 10.2. The third-order valence-electron chi connectivity index (χ3n) is 6.38. The number of ether oxygens (including phenoxy) is 1. The largest absolute Gasteiger partial charge is 0.379 e. The van der Waals surface area contributed by atoms with Gasteiger partial charge in [0.05, 0.1) is 13.2 Å². The Morgan fingerprint density at radius 2 is 1.28 bits per heavy atom. The average Bonchev–Trinajstić information content (AvgIpc) is 2.70. The number of hydrogen-bond donors (Lipinski definition) is 0. The zero-order chi connectivity index (χ0) is 16.9. The minimum absolute atomic E-state index is 0.804. The van der Waals surface area contributed by atoms with Crippen LogP contribution in [0.2, 0.25) is 0 Å². The summed E-state index contributed by atoms with van der Waals surface area (Å²) in [6.45, 7) is 10.4. The molecule has 0 bridgehead atoms. The van der Waals surface area contributed by atoms with Crippen molar-refractivity contribution in [3.05, 3.63) is 35.9 Å². The normalized spacial score (nSPS) is 26.1. The Kier molecular flexibility index (Phi) is 6.03. The number of rotatable bonds is 4. The fourth-order valence-corrected chi connectivity index (χ4v) is 4.84. The molecule has 1 aromatic carbocycles. The molecule has 138 valence electrons. The molecule has 4 rings (SSSR count). The Balaban J connectivity index is 1.20. The standard InChI is InChI=1S/C21H33N3O/c1-2-4-19(5-3-1)18-22-10-6-20(7-11-22)23-12-8-21(9-13-23)24-14-16-25-17-15-24/h1-5,20-21H,6-18H2. The van der Waals surface area contributed by atoms with Crippen LogP contribution in [0.5, 0.6) is 0 Å². The molecule has 0 aliphatic carbocycles. The summed E-state index contributed by atoms with van der Waals surface area (Å²) in [5.74, 6) is 0. The van der Waals surface area contributed by atoms with Gasteiger partial charge in [-0.1, -0.05) is 30.3 Å². The molecule has 3 saturated heterocycles. The summed E-state index contributed by atoms with van der Waals surface area (Å²) < 4.78 is 5.50. The molecule has 4 heteroatoms. The molecule has 25 heavy (non-hydrogen) atoms. The van der Waals surface area contributed by atoms with Gasteiger partial charge in [-0.3, -0.25) is 9.80 Å². The molecule has 3 fully saturated rings. The quantitative estimate of drug-likeness (QED) is 0.836. The minimum atomic E-state index is 0.804. The summed E-state index contributed by atoms with van der Waals surface area (Å²) in [7, 11) is 0. The molecule has 0 amide bonds. The van der Waals surface area contributed by atoms with Crippen LogP contribution in [-0.2, 0) is 11.3 Å². The van der Waals surface area contributed by atoms with E-state index in [1.807, 2.05) is 0 Å². The minimum Gasteiger partial charge on any atom is -0.379 e. The van der Waals surface area contributed by atoms with Gasteiger partial charge in [0.25, 0.3) is 0 Å². The molecule has 0 spiro atoms. The molecule has 0 saturated carbocycles. The Hall–Kier alpha value is -0.940. The van der Waals surface area contributed by atoms with Gasteiger partial charge in [-0.2, -0.15) is 0 Å². The second-order valence-corrected chi connectivity index (χ2v) is 7.91. The molecule has 0 atom stereocenters. The highest BCUT2D eigenvalue weighted by Gasteiger charge is 2.30. The van der Waals surface area contributed by atoms with E-state index in [1.165, 1.54) is 57.4 Å². The van der Waals surface area contributed by atoms with Crippen molar-refractivity contribution in [3.63, 3.8) is 0 Å². The molecular formula is C21H33N3O. The van der Waals surface area contributed by atoms with Crippen LogP contribution in [-0.4, -0.2) is 79.3 Å². The van der Waals surface area contributed by atoms with Crippen LogP contribution in [0.4, 0.5) is 0 Å². The van der Waals surface area contributed by atoms with Crippen LogP contribution in [0.25, 0.3) is 0 Å². The number of morpholine rings is 1. The highest BCUT2D eigenvalue weighted by Crippen LogP contribution is 2.24. The Labute approximate surface area is 152 Å². The lowest BCUT2D eigenvalue weighted by Gasteiger charge is -2.44.